The number of ether oxygens (including phenoxy) is 1. The van der Waals surface area contributed by atoms with E-state index in [-0.39, 0.29) is 5.82 Å². The van der Waals surface area contributed by atoms with Crippen LogP contribution in [0.2, 0.25) is 0 Å². The van der Waals surface area contributed by atoms with E-state index in [0.29, 0.717) is 12.3 Å². The summed E-state index contributed by atoms with van der Waals surface area (Å²) < 4.78 is 19.3. The Labute approximate surface area is 151 Å². The molecular weight excluding hydrogens is 327 g/mol. The predicted molar refractivity (Wildman–Crippen MR) is 102 cm³/mol. The maximum Gasteiger partial charge on any atom is 0.125 e. The topological polar surface area (TPSA) is 34.2 Å². The molecule has 0 atom stereocenters. The molecule has 26 heavy (non-hydrogen) atoms. The molecule has 0 bridgehead atoms. The standard InChI is InChI=1S/C22H17FN2O/c23-17-7-4-8-18(13-17)25-21-11-12-24-22-14-19(9-10-20(21)22)26-15-16-5-2-1-3-6-16/h1-14H,15H2,(H,24,25). The molecule has 0 fully saturated rings. The van der Waals surface area contributed by atoms with Crippen LogP contribution in [-0.2, 0) is 6.61 Å². The van der Waals surface area contributed by atoms with E-state index in [9.17, 15) is 4.39 Å². The van der Waals surface area contributed by atoms with Gasteiger partial charge in [-0.25, -0.2) is 4.39 Å². The van der Waals surface area contributed by atoms with E-state index in [1.54, 1.807) is 12.3 Å². The van der Waals surface area contributed by atoms with E-state index < -0.39 is 0 Å². The number of fused-ring (bicyclic) bond motifs is 1. The SMILES string of the molecule is Fc1cccc(Nc2ccnc3cc(OCc4ccccc4)ccc23)c1. The zero-order valence-corrected chi connectivity index (χ0v) is 14.0. The molecular formula is C22H17FN2O. The van der Waals surface area contributed by atoms with Crippen molar-refractivity contribution in [3.8, 4) is 5.75 Å². The maximum atomic E-state index is 13.4. The third-order valence-corrected chi connectivity index (χ3v) is 4.07. The first-order valence-electron chi connectivity index (χ1n) is 8.36. The fourth-order valence-corrected chi connectivity index (χ4v) is 2.79. The molecule has 4 aromatic rings. The van der Waals surface area contributed by atoms with Crippen LogP contribution in [0.3, 0.4) is 0 Å². The van der Waals surface area contributed by atoms with Crippen molar-refractivity contribution < 1.29 is 9.13 Å². The first kappa shape index (κ1) is 16.1. The molecule has 3 nitrogen and oxygen atoms in total. The van der Waals surface area contributed by atoms with Gasteiger partial charge in [0.05, 0.1) is 5.52 Å². The molecule has 128 valence electrons. The summed E-state index contributed by atoms with van der Waals surface area (Å²) >= 11 is 0. The molecule has 4 rings (SSSR count). The molecule has 1 aromatic heterocycles. The number of rotatable bonds is 5. The number of hydrogen-bond donors (Lipinski definition) is 1. The summed E-state index contributed by atoms with van der Waals surface area (Å²) in [5.41, 5.74) is 3.50. The smallest absolute Gasteiger partial charge is 0.125 e. The van der Waals surface area contributed by atoms with Gasteiger partial charge in [0.2, 0.25) is 0 Å². The summed E-state index contributed by atoms with van der Waals surface area (Å²) in [7, 11) is 0. The molecule has 0 spiro atoms. The number of aromatic nitrogens is 1. The van der Waals surface area contributed by atoms with Crippen molar-refractivity contribution in [1.82, 2.24) is 4.98 Å². The van der Waals surface area contributed by atoms with Gasteiger partial charge >= 0.3 is 0 Å². The Balaban J connectivity index is 1.57. The molecule has 0 aliphatic heterocycles. The lowest BCUT2D eigenvalue weighted by Crippen LogP contribution is -1.96. The molecule has 0 radical (unpaired) electrons. The second kappa shape index (κ2) is 7.23. The highest BCUT2D eigenvalue weighted by Crippen LogP contribution is 2.28. The number of anilines is 2. The Morgan fingerprint density at radius 2 is 1.77 bits per heavy atom. The molecule has 0 aliphatic rings. The number of pyridine rings is 1. The second-order valence-corrected chi connectivity index (χ2v) is 5.95. The molecule has 0 amide bonds. The van der Waals surface area contributed by atoms with Gasteiger partial charge in [0, 0.05) is 29.0 Å². The van der Waals surface area contributed by atoms with Gasteiger partial charge in [-0.3, -0.25) is 4.98 Å². The molecule has 0 aliphatic carbocycles. The number of hydrogen-bond acceptors (Lipinski definition) is 3. The van der Waals surface area contributed by atoms with Crippen LogP contribution in [0.25, 0.3) is 10.9 Å². The Hall–Kier alpha value is -3.40. The molecule has 0 saturated carbocycles. The maximum absolute atomic E-state index is 13.4. The summed E-state index contributed by atoms with van der Waals surface area (Å²) in [6, 6.07) is 24.1. The number of halogens is 1. The molecule has 1 heterocycles. The van der Waals surface area contributed by atoms with Crippen molar-refractivity contribution in [2.45, 2.75) is 6.61 Å². The fraction of sp³-hybridized carbons (Fsp3) is 0.0455. The second-order valence-electron chi connectivity index (χ2n) is 5.95. The number of nitrogens with zero attached hydrogens (tertiary/aromatic N) is 1. The van der Waals surface area contributed by atoms with E-state index >= 15 is 0 Å². The molecule has 0 saturated heterocycles. The van der Waals surface area contributed by atoms with Crippen LogP contribution in [-0.4, -0.2) is 4.98 Å². The molecule has 0 unspecified atom stereocenters. The highest BCUT2D eigenvalue weighted by molar-refractivity contribution is 5.93. The lowest BCUT2D eigenvalue weighted by molar-refractivity contribution is 0.306. The fourth-order valence-electron chi connectivity index (χ4n) is 2.79. The van der Waals surface area contributed by atoms with Crippen LogP contribution in [0.15, 0.2) is 85.1 Å². The summed E-state index contributed by atoms with van der Waals surface area (Å²) in [6.07, 6.45) is 1.73. The zero-order valence-electron chi connectivity index (χ0n) is 14.0. The van der Waals surface area contributed by atoms with Gasteiger partial charge in [-0.1, -0.05) is 36.4 Å². The number of nitrogens with one attached hydrogen (secondary N) is 1. The van der Waals surface area contributed by atoms with Gasteiger partial charge in [-0.05, 0) is 42.0 Å². The largest absolute Gasteiger partial charge is 0.489 e. The third kappa shape index (κ3) is 3.64. The van der Waals surface area contributed by atoms with Crippen LogP contribution in [0.5, 0.6) is 5.75 Å². The lowest BCUT2D eigenvalue weighted by atomic mass is 10.1. The van der Waals surface area contributed by atoms with E-state index in [1.165, 1.54) is 12.1 Å². The van der Waals surface area contributed by atoms with Crippen molar-refractivity contribution in [2.75, 3.05) is 5.32 Å². The molecule has 1 N–H and O–H groups in total. The summed E-state index contributed by atoms with van der Waals surface area (Å²) in [4.78, 5) is 4.42. The van der Waals surface area contributed by atoms with Crippen LogP contribution in [0, 0.1) is 5.82 Å². The average Bonchev–Trinajstić information content (AvgIpc) is 2.67. The third-order valence-electron chi connectivity index (χ3n) is 4.07. The monoisotopic (exact) mass is 344 g/mol. The summed E-state index contributed by atoms with van der Waals surface area (Å²) in [5, 5.41) is 4.19. The van der Waals surface area contributed by atoms with Gasteiger partial charge in [0.25, 0.3) is 0 Å². The van der Waals surface area contributed by atoms with Crippen molar-refractivity contribution >= 4 is 22.3 Å². The number of benzene rings is 3. The minimum absolute atomic E-state index is 0.273. The van der Waals surface area contributed by atoms with E-state index in [4.69, 9.17) is 4.74 Å². The van der Waals surface area contributed by atoms with E-state index in [2.05, 4.69) is 10.3 Å². The van der Waals surface area contributed by atoms with E-state index in [0.717, 1.165) is 27.9 Å². The quantitative estimate of drug-likeness (QED) is 0.504. The minimum Gasteiger partial charge on any atom is -0.489 e. The van der Waals surface area contributed by atoms with Crippen molar-refractivity contribution in [3.05, 3.63) is 96.4 Å². The van der Waals surface area contributed by atoms with Gasteiger partial charge < -0.3 is 10.1 Å². The van der Waals surface area contributed by atoms with Crippen LogP contribution in [0.4, 0.5) is 15.8 Å². The van der Waals surface area contributed by atoms with Crippen molar-refractivity contribution in [2.24, 2.45) is 0 Å². The Morgan fingerprint density at radius 1 is 0.885 bits per heavy atom. The predicted octanol–water partition coefficient (Wildman–Crippen LogP) is 5.70. The first-order chi connectivity index (χ1) is 12.8. The van der Waals surface area contributed by atoms with Crippen molar-refractivity contribution in [3.63, 3.8) is 0 Å². The van der Waals surface area contributed by atoms with Gasteiger partial charge in [0.1, 0.15) is 18.2 Å². The Bertz CT molecular complexity index is 1030. The van der Waals surface area contributed by atoms with Crippen molar-refractivity contribution in [1.29, 1.82) is 0 Å². The minimum atomic E-state index is -0.273. The van der Waals surface area contributed by atoms with Gasteiger partial charge in [-0.15, -0.1) is 0 Å². The first-order valence-corrected chi connectivity index (χ1v) is 8.36. The highest BCUT2D eigenvalue weighted by Gasteiger charge is 2.05. The van der Waals surface area contributed by atoms with Crippen LogP contribution in [0.1, 0.15) is 5.56 Å². The highest BCUT2D eigenvalue weighted by atomic mass is 19.1. The Kier molecular flexibility index (Phi) is 4.48. The van der Waals surface area contributed by atoms with Crippen LogP contribution >= 0.6 is 0 Å². The summed E-state index contributed by atoms with van der Waals surface area (Å²) in [5.74, 6) is 0.488. The molecule has 3 aromatic carbocycles. The van der Waals surface area contributed by atoms with Gasteiger partial charge in [-0.2, -0.15) is 0 Å². The van der Waals surface area contributed by atoms with Gasteiger partial charge in [0.15, 0.2) is 0 Å². The molecule has 4 heteroatoms. The summed E-state index contributed by atoms with van der Waals surface area (Å²) in [6.45, 7) is 0.508. The van der Waals surface area contributed by atoms with Crippen LogP contribution < -0.4 is 10.1 Å². The van der Waals surface area contributed by atoms with E-state index in [1.807, 2.05) is 60.7 Å². The average molecular weight is 344 g/mol. The zero-order chi connectivity index (χ0) is 17.8. The lowest BCUT2D eigenvalue weighted by Gasteiger charge is -2.11. The Morgan fingerprint density at radius 3 is 2.62 bits per heavy atom. The normalized spacial score (nSPS) is 10.7.